The second kappa shape index (κ2) is 3.52. The molecule has 0 atom stereocenters. The van der Waals surface area contributed by atoms with Gasteiger partial charge in [0.25, 0.3) is 0 Å². The lowest BCUT2D eigenvalue weighted by atomic mass is 10.1. The summed E-state index contributed by atoms with van der Waals surface area (Å²) >= 11 is 0. The number of H-pyrrole nitrogens is 1. The van der Waals surface area contributed by atoms with E-state index in [1.165, 1.54) is 5.56 Å². The molecule has 3 aromatic rings. The van der Waals surface area contributed by atoms with Gasteiger partial charge in [-0.25, -0.2) is 4.98 Å². The predicted molar refractivity (Wildman–Crippen MR) is 63.2 cm³/mol. The van der Waals surface area contributed by atoms with Crippen LogP contribution in [0.4, 0.5) is 0 Å². The van der Waals surface area contributed by atoms with E-state index in [0.29, 0.717) is 0 Å². The van der Waals surface area contributed by atoms with Gasteiger partial charge in [-0.05, 0) is 36.2 Å². The van der Waals surface area contributed by atoms with Gasteiger partial charge in [0, 0.05) is 0 Å². The molecule has 2 aromatic heterocycles. The average molecular weight is 212 g/mol. The molecule has 3 heteroatoms. The molecule has 0 aliphatic carbocycles. The van der Waals surface area contributed by atoms with Crippen molar-refractivity contribution in [3.8, 4) is 11.6 Å². The standard InChI is InChI=1S/C13H12N2O/c1-2-9-5-6-10-11(8-9)15-13(14-10)12-4-3-7-16-12/h3-8H,2H2,1H3,(H,14,15). The summed E-state index contributed by atoms with van der Waals surface area (Å²) in [6, 6.07) is 10.0. The summed E-state index contributed by atoms with van der Waals surface area (Å²) in [6.45, 7) is 2.14. The molecule has 80 valence electrons. The van der Waals surface area contributed by atoms with E-state index in [9.17, 15) is 0 Å². The summed E-state index contributed by atoms with van der Waals surface area (Å²) in [5.74, 6) is 1.56. The van der Waals surface area contributed by atoms with Crippen LogP contribution < -0.4 is 0 Å². The molecule has 0 spiro atoms. The van der Waals surface area contributed by atoms with Crippen LogP contribution in [-0.4, -0.2) is 9.97 Å². The quantitative estimate of drug-likeness (QED) is 0.707. The van der Waals surface area contributed by atoms with Crippen molar-refractivity contribution in [2.45, 2.75) is 13.3 Å². The Bertz CT molecular complexity index is 608. The molecule has 0 fully saturated rings. The monoisotopic (exact) mass is 212 g/mol. The molecule has 1 N–H and O–H groups in total. The van der Waals surface area contributed by atoms with Gasteiger partial charge in [-0.3, -0.25) is 0 Å². The van der Waals surface area contributed by atoms with Crippen molar-refractivity contribution in [1.29, 1.82) is 0 Å². The minimum Gasteiger partial charge on any atom is -0.461 e. The Kier molecular flexibility index (Phi) is 2.03. The Balaban J connectivity index is 2.16. The summed E-state index contributed by atoms with van der Waals surface area (Å²) < 4.78 is 5.31. The Morgan fingerprint density at radius 1 is 1.31 bits per heavy atom. The van der Waals surface area contributed by atoms with Crippen LogP contribution in [-0.2, 0) is 6.42 Å². The Morgan fingerprint density at radius 3 is 3.00 bits per heavy atom. The molecule has 0 bridgehead atoms. The van der Waals surface area contributed by atoms with E-state index in [1.807, 2.05) is 18.2 Å². The van der Waals surface area contributed by atoms with Gasteiger partial charge in [-0.2, -0.15) is 0 Å². The highest BCUT2D eigenvalue weighted by atomic mass is 16.3. The zero-order valence-electron chi connectivity index (χ0n) is 9.03. The smallest absolute Gasteiger partial charge is 0.174 e. The van der Waals surface area contributed by atoms with E-state index in [2.05, 4.69) is 29.0 Å². The molecule has 0 amide bonds. The second-order valence-corrected chi connectivity index (χ2v) is 3.77. The Morgan fingerprint density at radius 2 is 2.25 bits per heavy atom. The highest BCUT2D eigenvalue weighted by molar-refractivity contribution is 5.79. The molecule has 3 nitrogen and oxygen atoms in total. The van der Waals surface area contributed by atoms with Gasteiger partial charge in [0.2, 0.25) is 0 Å². The first-order valence-corrected chi connectivity index (χ1v) is 5.39. The molecule has 16 heavy (non-hydrogen) atoms. The Hall–Kier alpha value is -2.03. The van der Waals surface area contributed by atoms with Gasteiger partial charge in [0.05, 0.1) is 17.3 Å². The van der Waals surface area contributed by atoms with Gasteiger partial charge in [-0.1, -0.05) is 13.0 Å². The van der Waals surface area contributed by atoms with Gasteiger partial charge >= 0.3 is 0 Å². The number of aromatic nitrogens is 2. The highest BCUT2D eigenvalue weighted by Crippen LogP contribution is 2.21. The lowest BCUT2D eigenvalue weighted by molar-refractivity contribution is 0.578. The molecule has 2 heterocycles. The molecule has 3 rings (SSSR count). The van der Waals surface area contributed by atoms with E-state index < -0.39 is 0 Å². The van der Waals surface area contributed by atoms with Crippen molar-refractivity contribution >= 4 is 11.0 Å². The van der Waals surface area contributed by atoms with E-state index in [0.717, 1.165) is 29.0 Å². The summed E-state index contributed by atoms with van der Waals surface area (Å²) in [4.78, 5) is 7.75. The van der Waals surface area contributed by atoms with Gasteiger partial charge < -0.3 is 9.40 Å². The van der Waals surface area contributed by atoms with Crippen LogP contribution in [0.1, 0.15) is 12.5 Å². The van der Waals surface area contributed by atoms with Crippen molar-refractivity contribution < 1.29 is 4.42 Å². The maximum atomic E-state index is 5.31. The van der Waals surface area contributed by atoms with Crippen molar-refractivity contribution in [3.63, 3.8) is 0 Å². The number of nitrogens with one attached hydrogen (secondary N) is 1. The number of rotatable bonds is 2. The maximum absolute atomic E-state index is 5.31. The van der Waals surface area contributed by atoms with E-state index >= 15 is 0 Å². The van der Waals surface area contributed by atoms with E-state index in [4.69, 9.17) is 4.42 Å². The third kappa shape index (κ3) is 1.41. The number of fused-ring (bicyclic) bond motifs is 1. The zero-order valence-corrected chi connectivity index (χ0v) is 9.03. The normalized spacial score (nSPS) is 11.1. The largest absolute Gasteiger partial charge is 0.461 e. The topological polar surface area (TPSA) is 41.8 Å². The zero-order chi connectivity index (χ0) is 11.0. The van der Waals surface area contributed by atoms with Crippen molar-refractivity contribution in [1.82, 2.24) is 9.97 Å². The summed E-state index contributed by atoms with van der Waals surface area (Å²) in [5, 5.41) is 0. The Labute approximate surface area is 93.1 Å². The van der Waals surface area contributed by atoms with Crippen LogP contribution in [0.2, 0.25) is 0 Å². The summed E-state index contributed by atoms with van der Waals surface area (Å²) in [5.41, 5.74) is 3.34. The summed E-state index contributed by atoms with van der Waals surface area (Å²) in [7, 11) is 0. The fourth-order valence-corrected chi connectivity index (χ4v) is 1.81. The number of aromatic amines is 1. The predicted octanol–water partition coefficient (Wildman–Crippen LogP) is 3.39. The van der Waals surface area contributed by atoms with Crippen LogP contribution in [0, 0.1) is 0 Å². The minimum absolute atomic E-state index is 0.772. The fourth-order valence-electron chi connectivity index (χ4n) is 1.81. The number of imidazole rings is 1. The lowest BCUT2D eigenvalue weighted by Crippen LogP contribution is -1.78. The molecule has 1 aromatic carbocycles. The number of aryl methyl sites for hydroxylation is 1. The number of hydrogen-bond acceptors (Lipinski definition) is 2. The van der Waals surface area contributed by atoms with Crippen LogP contribution in [0.5, 0.6) is 0 Å². The van der Waals surface area contributed by atoms with Crippen molar-refractivity contribution in [3.05, 3.63) is 42.2 Å². The molecule has 0 aliphatic heterocycles. The van der Waals surface area contributed by atoms with E-state index in [-0.39, 0.29) is 0 Å². The average Bonchev–Trinajstić information content (AvgIpc) is 2.96. The SMILES string of the molecule is CCc1ccc2nc(-c3ccco3)[nH]c2c1. The maximum Gasteiger partial charge on any atom is 0.174 e. The van der Waals surface area contributed by atoms with Gasteiger partial charge in [0.1, 0.15) is 0 Å². The molecule has 0 radical (unpaired) electrons. The number of hydrogen-bond donors (Lipinski definition) is 1. The van der Waals surface area contributed by atoms with Crippen molar-refractivity contribution in [2.24, 2.45) is 0 Å². The van der Waals surface area contributed by atoms with Gasteiger partial charge in [-0.15, -0.1) is 0 Å². The fraction of sp³-hybridized carbons (Fsp3) is 0.154. The third-order valence-corrected chi connectivity index (χ3v) is 2.71. The van der Waals surface area contributed by atoms with Crippen molar-refractivity contribution in [2.75, 3.05) is 0 Å². The summed E-state index contributed by atoms with van der Waals surface area (Å²) in [6.07, 6.45) is 2.69. The molecular formula is C13H12N2O. The molecule has 0 unspecified atom stereocenters. The second-order valence-electron chi connectivity index (χ2n) is 3.77. The first kappa shape index (κ1) is 9.21. The van der Waals surface area contributed by atoms with Crippen LogP contribution in [0.15, 0.2) is 41.0 Å². The van der Waals surface area contributed by atoms with Crippen LogP contribution in [0.25, 0.3) is 22.6 Å². The van der Waals surface area contributed by atoms with Crippen LogP contribution in [0.3, 0.4) is 0 Å². The molecular weight excluding hydrogens is 200 g/mol. The molecule has 0 saturated heterocycles. The third-order valence-electron chi connectivity index (χ3n) is 2.71. The minimum atomic E-state index is 0.772. The number of benzene rings is 1. The van der Waals surface area contributed by atoms with E-state index in [1.54, 1.807) is 6.26 Å². The first-order valence-electron chi connectivity index (χ1n) is 5.39. The first-order chi connectivity index (χ1) is 7.86. The highest BCUT2D eigenvalue weighted by Gasteiger charge is 2.07. The van der Waals surface area contributed by atoms with Crippen LogP contribution >= 0.6 is 0 Å². The molecule has 0 saturated carbocycles. The lowest BCUT2D eigenvalue weighted by Gasteiger charge is -1.93. The number of nitrogens with zero attached hydrogens (tertiary/aromatic N) is 1. The number of furan rings is 1. The van der Waals surface area contributed by atoms with Gasteiger partial charge in [0.15, 0.2) is 11.6 Å². The molecule has 0 aliphatic rings.